The Balaban J connectivity index is 0.981. The van der Waals surface area contributed by atoms with Crippen molar-refractivity contribution in [3.63, 3.8) is 0 Å². The number of anilines is 1. The van der Waals surface area contributed by atoms with Crippen molar-refractivity contribution in [1.29, 1.82) is 0 Å². The molecule has 3 aromatic carbocycles. The number of halogens is 1. The number of benzene rings is 3. The van der Waals surface area contributed by atoms with Gasteiger partial charge in [-0.05, 0) is 123 Å². The first kappa shape index (κ1) is 44.6. The number of hydrogen-bond acceptors (Lipinski definition) is 11. The number of H-pyrrole nitrogens is 1. The summed E-state index contributed by atoms with van der Waals surface area (Å²) in [7, 11) is 1.09. The molecule has 2 saturated heterocycles. The lowest BCUT2D eigenvalue weighted by Crippen LogP contribution is -2.61. The highest BCUT2D eigenvalue weighted by Gasteiger charge is 2.50. The van der Waals surface area contributed by atoms with Crippen LogP contribution in [0.4, 0.5) is 10.1 Å². The van der Waals surface area contributed by atoms with E-state index >= 15 is 0 Å². The summed E-state index contributed by atoms with van der Waals surface area (Å²) in [5.74, 6) is 4.03. The Hall–Kier alpha value is -6.41. The second kappa shape index (κ2) is 19.7. The van der Waals surface area contributed by atoms with Crippen LogP contribution in [0.15, 0.2) is 102 Å². The van der Waals surface area contributed by atoms with Gasteiger partial charge in [0.15, 0.2) is 6.10 Å². The SMILES string of the molecule is COC(=O)[C@H]1O[C@@H](Oc2ccc([C@@H]3[C@@H](CC[C@H](O)c4ccc(F)cc4)C(=O)N3c3ccc(C#CCNC(=O)CCC4=N/C(=C/c5[nH]c(C)cc5C)C=C4)cc3)cc2)[C@H](O)[C@@H](O)[C@@H]1O. The lowest BCUT2D eigenvalue weighted by atomic mass is 9.78. The quantitative estimate of drug-likeness (QED) is 0.0589. The molecule has 15 heteroatoms. The zero-order valence-electron chi connectivity index (χ0n) is 34.9. The van der Waals surface area contributed by atoms with Crippen molar-refractivity contribution >= 4 is 35.3 Å². The molecular formula is C48H49FN4O10. The van der Waals surface area contributed by atoms with Crippen molar-refractivity contribution in [3.05, 3.63) is 136 Å². The minimum absolute atomic E-state index is 0.142. The molecule has 328 valence electrons. The Morgan fingerprint density at radius 1 is 1.00 bits per heavy atom. The Morgan fingerprint density at radius 3 is 2.41 bits per heavy atom. The van der Waals surface area contributed by atoms with Crippen LogP contribution >= 0.6 is 0 Å². The Labute approximate surface area is 363 Å². The first-order chi connectivity index (χ1) is 30.3. The smallest absolute Gasteiger partial charge is 0.337 e. The average molecular weight is 861 g/mol. The van der Waals surface area contributed by atoms with E-state index in [9.17, 15) is 39.2 Å². The summed E-state index contributed by atoms with van der Waals surface area (Å²) in [6, 6.07) is 20.9. The zero-order chi connectivity index (χ0) is 44.8. The molecule has 2 fully saturated rings. The first-order valence-electron chi connectivity index (χ1n) is 20.6. The molecule has 3 aliphatic heterocycles. The normalized spacial score (nSPS) is 24.0. The molecule has 4 heterocycles. The number of aryl methyl sites for hydroxylation is 2. The van der Waals surface area contributed by atoms with Crippen LogP contribution in [0.2, 0.25) is 0 Å². The van der Waals surface area contributed by atoms with Gasteiger partial charge in [0.2, 0.25) is 18.1 Å². The summed E-state index contributed by atoms with van der Waals surface area (Å²) in [5, 5.41) is 44.8. The standard InChI is InChI=1S/C48H49FN4O10/c1-27-25-28(2)51-38(27)26-34-15-14-33(52-34)16-23-40(55)50-24-4-5-29-6-17-35(18-7-29)53-41(37(46(53)59)21-22-39(54)30-8-12-32(49)13-9-30)31-10-19-36(20-11-31)62-48-44(58)42(56)43(57)45(63-48)47(60)61-3/h6-15,17-20,25-26,37,39,41-45,48,51,54,56-58H,16,21-24H2,1-3H3,(H,50,55)/b34-26+/t37-,39+,41-,42+,43+,44-,45+,48-/m1/s1. The molecule has 7 rings (SSSR count). The number of ether oxygens (including phenoxy) is 3. The molecule has 0 saturated carbocycles. The molecule has 3 aliphatic rings. The van der Waals surface area contributed by atoms with Crippen molar-refractivity contribution in [2.24, 2.45) is 10.9 Å². The van der Waals surface area contributed by atoms with Gasteiger partial charge in [0.05, 0.1) is 37.4 Å². The number of aliphatic imine (C=N–C) groups is 1. The number of amides is 2. The lowest BCUT2D eigenvalue weighted by Gasteiger charge is -2.48. The van der Waals surface area contributed by atoms with Crippen LogP contribution in [0.5, 0.6) is 5.75 Å². The number of methoxy groups -OCH3 is 1. The summed E-state index contributed by atoms with van der Waals surface area (Å²) < 4.78 is 29.4. The monoisotopic (exact) mass is 860 g/mol. The second-order valence-electron chi connectivity index (χ2n) is 15.7. The van der Waals surface area contributed by atoms with E-state index in [1.54, 1.807) is 53.4 Å². The molecule has 8 atom stereocenters. The highest BCUT2D eigenvalue weighted by atomic mass is 19.1. The average Bonchev–Trinajstić information content (AvgIpc) is 3.87. The van der Waals surface area contributed by atoms with Crippen LogP contribution < -0.4 is 15.0 Å². The van der Waals surface area contributed by atoms with E-state index in [1.165, 1.54) is 24.3 Å². The van der Waals surface area contributed by atoms with Crippen molar-refractivity contribution in [2.75, 3.05) is 18.6 Å². The third kappa shape index (κ3) is 10.5. The van der Waals surface area contributed by atoms with Crippen molar-refractivity contribution in [2.45, 2.75) is 82.4 Å². The number of aromatic nitrogens is 1. The number of aliphatic hydroxyl groups is 4. The maximum absolute atomic E-state index is 13.8. The Kier molecular flexibility index (Phi) is 14.0. The minimum Gasteiger partial charge on any atom is -0.467 e. The fraction of sp³-hybridized carbons (Fsp3) is 0.333. The molecule has 0 spiro atoms. The number of esters is 1. The number of aromatic amines is 1. The summed E-state index contributed by atoms with van der Waals surface area (Å²) in [4.78, 5) is 48.1. The van der Waals surface area contributed by atoms with Gasteiger partial charge in [-0.15, -0.1) is 0 Å². The lowest BCUT2D eigenvalue weighted by molar-refractivity contribution is -0.271. The topological polar surface area (TPSA) is 203 Å². The molecule has 14 nitrogen and oxygen atoms in total. The number of aliphatic hydroxyl groups excluding tert-OH is 4. The van der Waals surface area contributed by atoms with Gasteiger partial charge in [-0.2, -0.15) is 0 Å². The third-order valence-corrected chi connectivity index (χ3v) is 11.3. The molecule has 0 unspecified atom stereocenters. The van der Waals surface area contributed by atoms with Crippen LogP contribution in [0.25, 0.3) is 6.08 Å². The van der Waals surface area contributed by atoms with Crippen LogP contribution in [0, 0.1) is 37.4 Å². The molecular weight excluding hydrogens is 812 g/mol. The van der Waals surface area contributed by atoms with Crippen molar-refractivity contribution in [1.82, 2.24) is 10.3 Å². The zero-order valence-corrected chi connectivity index (χ0v) is 34.9. The van der Waals surface area contributed by atoms with Crippen LogP contribution in [0.3, 0.4) is 0 Å². The molecule has 63 heavy (non-hydrogen) atoms. The van der Waals surface area contributed by atoms with E-state index in [2.05, 4.69) is 37.9 Å². The fourth-order valence-corrected chi connectivity index (χ4v) is 7.84. The second-order valence-corrected chi connectivity index (χ2v) is 15.7. The molecule has 1 aromatic heterocycles. The van der Waals surface area contributed by atoms with Crippen LogP contribution in [0.1, 0.15) is 71.5 Å². The number of nitrogens with zero attached hydrogens (tertiary/aromatic N) is 2. The Morgan fingerprint density at radius 2 is 1.73 bits per heavy atom. The van der Waals surface area contributed by atoms with Gasteiger partial charge in [-0.1, -0.05) is 36.1 Å². The highest BCUT2D eigenvalue weighted by molar-refractivity contribution is 6.03. The summed E-state index contributed by atoms with van der Waals surface area (Å²) in [6.45, 7) is 4.19. The molecule has 6 N–H and O–H groups in total. The number of carbonyl (C=O) groups excluding carboxylic acids is 3. The van der Waals surface area contributed by atoms with E-state index in [1.807, 2.05) is 32.1 Å². The van der Waals surface area contributed by atoms with Gasteiger partial charge in [-0.25, -0.2) is 9.18 Å². The van der Waals surface area contributed by atoms with E-state index in [0.29, 0.717) is 29.7 Å². The number of nitrogens with one attached hydrogen (secondary N) is 2. The molecule has 4 aromatic rings. The summed E-state index contributed by atoms with van der Waals surface area (Å²) in [6.07, 6.45) is -2.05. The molecule has 0 bridgehead atoms. The predicted octanol–water partition coefficient (Wildman–Crippen LogP) is 4.65. The molecule has 0 radical (unpaired) electrons. The predicted molar refractivity (Wildman–Crippen MR) is 230 cm³/mol. The number of rotatable bonds is 14. The van der Waals surface area contributed by atoms with Gasteiger partial charge < -0.3 is 49.8 Å². The number of β-lactam (4-membered cyclic amide) rings is 1. The van der Waals surface area contributed by atoms with Gasteiger partial charge in [0, 0.05) is 34.8 Å². The first-order valence-corrected chi connectivity index (χ1v) is 20.6. The summed E-state index contributed by atoms with van der Waals surface area (Å²) in [5.41, 5.74) is 7.44. The van der Waals surface area contributed by atoms with E-state index in [4.69, 9.17) is 9.47 Å². The van der Waals surface area contributed by atoms with Gasteiger partial charge >= 0.3 is 5.97 Å². The van der Waals surface area contributed by atoms with E-state index in [0.717, 1.165) is 41.0 Å². The van der Waals surface area contributed by atoms with Crippen molar-refractivity contribution < 1.29 is 53.4 Å². The highest BCUT2D eigenvalue weighted by Crippen LogP contribution is 2.46. The number of hydrogen-bond donors (Lipinski definition) is 6. The van der Waals surface area contributed by atoms with Crippen LogP contribution in [-0.4, -0.2) is 93.3 Å². The van der Waals surface area contributed by atoms with E-state index in [-0.39, 0.29) is 37.0 Å². The summed E-state index contributed by atoms with van der Waals surface area (Å²) >= 11 is 0. The Bertz CT molecular complexity index is 2450. The molecule has 0 aliphatic carbocycles. The minimum atomic E-state index is -1.75. The van der Waals surface area contributed by atoms with Gasteiger partial charge in [0.1, 0.15) is 29.9 Å². The molecule has 2 amide bonds. The van der Waals surface area contributed by atoms with Crippen LogP contribution in [-0.2, 0) is 23.9 Å². The fourth-order valence-electron chi connectivity index (χ4n) is 7.84. The number of carbonyl (C=O) groups is 3. The van der Waals surface area contributed by atoms with E-state index < -0.39 is 60.6 Å². The third-order valence-electron chi connectivity index (χ3n) is 11.3. The number of allylic oxidation sites excluding steroid dienone is 2. The van der Waals surface area contributed by atoms with Gasteiger partial charge in [0.25, 0.3) is 0 Å². The van der Waals surface area contributed by atoms with Crippen molar-refractivity contribution in [3.8, 4) is 17.6 Å². The maximum atomic E-state index is 13.8. The largest absolute Gasteiger partial charge is 0.467 e. The van der Waals surface area contributed by atoms with Gasteiger partial charge in [-0.3, -0.25) is 14.6 Å². The maximum Gasteiger partial charge on any atom is 0.337 e.